The Balaban J connectivity index is 1.66. The van der Waals surface area contributed by atoms with Crippen molar-refractivity contribution >= 4 is 11.0 Å². The van der Waals surface area contributed by atoms with Crippen molar-refractivity contribution < 1.29 is 32.8 Å². The standard InChI is InChI=1S/C21H20O7/c1-22-16-9-14(11-4-5-13-15(8-11)27-10-26-13)28-20-17(16)18(23-2)12-6-7-25-19(12)21(20)24-3/h4-8,14,16H,9-10H2,1-3H3. The molecule has 0 spiro atoms. The minimum absolute atomic E-state index is 0.231. The number of hydrogen-bond acceptors (Lipinski definition) is 7. The number of hydrogen-bond donors (Lipinski definition) is 0. The van der Waals surface area contributed by atoms with Crippen molar-refractivity contribution in [2.45, 2.75) is 18.6 Å². The number of benzene rings is 2. The third kappa shape index (κ3) is 2.39. The summed E-state index contributed by atoms with van der Waals surface area (Å²) in [7, 11) is 4.91. The van der Waals surface area contributed by atoms with Crippen LogP contribution >= 0.6 is 0 Å². The molecule has 3 heterocycles. The summed E-state index contributed by atoms with van der Waals surface area (Å²) in [5.74, 6) is 3.23. The van der Waals surface area contributed by atoms with Gasteiger partial charge in [0, 0.05) is 13.5 Å². The molecule has 7 heteroatoms. The fourth-order valence-corrected chi connectivity index (χ4v) is 3.99. The van der Waals surface area contributed by atoms with Crippen molar-refractivity contribution in [3.63, 3.8) is 0 Å². The van der Waals surface area contributed by atoms with Crippen LogP contribution in [0.4, 0.5) is 0 Å². The largest absolute Gasteiger partial charge is 0.495 e. The summed E-state index contributed by atoms with van der Waals surface area (Å²) >= 11 is 0. The second-order valence-corrected chi connectivity index (χ2v) is 6.65. The molecule has 5 rings (SSSR count). The van der Waals surface area contributed by atoms with E-state index in [-0.39, 0.29) is 19.0 Å². The third-order valence-electron chi connectivity index (χ3n) is 5.28. The van der Waals surface area contributed by atoms with Crippen LogP contribution in [0.5, 0.6) is 28.7 Å². The zero-order valence-corrected chi connectivity index (χ0v) is 15.8. The molecule has 0 saturated heterocycles. The fraction of sp³-hybridized carbons (Fsp3) is 0.333. The van der Waals surface area contributed by atoms with Crippen molar-refractivity contribution in [2.24, 2.45) is 0 Å². The molecule has 0 amide bonds. The number of ether oxygens (including phenoxy) is 6. The maximum atomic E-state index is 6.41. The van der Waals surface area contributed by atoms with Crippen LogP contribution in [0, 0.1) is 0 Å². The lowest BCUT2D eigenvalue weighted by Crippen LogP contribution is -2.21. The lowest BCUT2D eigenvalue weighted by molar-refractivity contribution is 0.0267. The summed E-state index contributed by atoms with van der Waals surface area (Å²) in [4.78, 5) is 0. The van der Waals surface area contributed by atoms with E-state index in [9.17, 15) is 0 Å². The molecule has 0 fully saturated rings. The quantitative estimate of drug-likeness (QED) is 0.661. The van der Waals surface area contributed by atoms with Crippen LogP contribution in [-0.2, 0) is 4.74 Å². The molecular formula is C21H20O7. The molecule has 2 aliphatic heterocycles. The highest BCUT2D eigenvalue weighted by molar-refractivity contribution is 5.94. The first-order valence-electron chi connectivity index (χ1n) is 8.99. The Morgan fingerprint density at radius 2 is 1.79 bits per heavy atom. The molecule has 7 nitrogen and oxygen atoms in total. The molecule has 2 unspecified atom stereocenters. The maximum Gasteiger partial charge on any atom is 0.231 e. The maximum absolute atomic E-state index is 6.41. The number of furan rings is 1. The van der Waals surface area contributed by atoms with Gasteiger partial charge in [-0.05, 0) is 23.8 Å². The van der Waals surface area contributed by atoms with Gasteiger partial charge in [0.05, 0.1) is 37.5 Å². The Morgan fingerprint density at radius 3 is 2.57 bits per heavy atom. The smallest absolute Gasteiger partial charge is 0.231 e. The molecular weight excluding hydrogens is 364 g/mol. The zero-order valence-electron chi connectivity index (χ0n) is 15.8. The second kappa shape index (κ2) is 6.53. The average molecular weight is 384 g/mol. The van der Waals surface area contributed by atoms with Crippen molar-refractivity contribution in [1.29, 1.82) is 0 Å². The molecule has 146 valence electrons. The summed E-state index contributed by atoms with van der Waals surface area (Å²) in [5, 5.41) is 0.824. The molecule has 28 heavy (non-hydrogen) atoms. The Kier molecular flexibility index (Phi) is 3.98. The second-order valence-electron chi connectivity index (χ2n) is 6.65. The minimum Gasteiger partial charge on any atom is -0.495 e. The van der Waals surface area contributed by atoms with Gasteiger partial charge in [-0.2, -0.15) is 0 Å². The SMILES string of the molecule is COc1c2c(c(OC)c3occc13)OC(c1ccc3c(c1)OCO3)CC2OC. The van der Waals surface area contributed by atoms with Gasteiger partial charge >= 0.3 is 0 Å². The predicted octanol–water partition coefficient (Wildman–Crippen LogP) is 4.39. The van der Waals surface area contributed by atoms with Crippen LogP contribution in [0.1, 0.15) is 29.8 Å². The topological polar surface area (TPSA) is 68.5 Å². The Bertz CT molecular complexity index is 1040. The lowest BCUT2D eigenvalue weighted by Gasteiger charge is -2.33. The monoisotopic (exact) mass is 384 g/mol. The van der Waals surface area contributed by atoms with Crippen LogP contribution in [0.3, 0.4) is 0 Å². The summed E-state index contributed by atoms with van der Waals surface area (Å²) in [5.41, 5.74) is 2.38. The molecule has 3 aromatic rings. The zero-order chi connectivity index (χ0) is 19.3. The van der Waals surface area contributed by atoms with Gasteiger partial charge in [-0.25, -0.2) is 0 Å². The van der Waals surface area contributed by atoms with Crippen molar-refractivity contribution in [3.8, 4) is 28.7 Å². The lowest BCUT2D eigenvalue weighted by atomic mass is 9.92. The van der Waals surface area contributed by atoms with Crippen LogP contribution in [0.2, 0.25) is 0 Å². The molecule has 0 bridgehead atoms. The first-order valence-corrected chi connectivity index (χ1v) is 8.99. The van der Waals surface area contributed by atoms with E-state index in [0.29, 0.717) is 35.0 Å². The van der Waals surface area contributed by atoms with Crippen LogP contribution in [0.15, 0.2) is 34.9 Å². The third-order valence-corrected chi connectivity index (χ3v) is 5.28. The average Bonchev–Trinajstić information content (AvgIpc) is 3.39. The summed E-state index contributed by atoms with van der Waals surface area (Å²) in [6.07, 6.45) is 1.74. The number of fused-ring (bicyclic) bond motifs is 3. The molecule has 0 saturated carbocycles. The van der Waals surface area contributed by atoms with E-state index in [2.05, 4.69) is 0 Å². The van der Waals surface area contributed by atoms with Crippen molar-refractivity contribution in [1.82, 2.24) is 0 Å². The molecule has 0 aliphatic carbocycles. The van der Waals surface area contributed by atoms with Crippen molar-refractivity contribution in [2.75, 3.05) is 28.1 Å². The normalized spacial score (nSPS) is 20.0. The van der Waals surface area contributed by atoms with E-state index in [0.717, 1.165) is 22.3 Å². The highest BCUT2D eigenvalue weighted by atomic mass is 16.7. The molecule has 0 radical (unpaired) electrons. The first kappa shape index (κ1) is 17.1. The Morgan fingerprint density at radius 1 is 0.964 bits per heavy atom. The molecule has 2 aliphatic rings. The van der Waals surface area contributed by atoms with Crippen LogP contribution in [0.25, 0.3) is 11.0 Å². The van der Waals surface area contributed by atoms with Crippen molar-refractivity contribution in [3.05, 3.63) is 41.7 Å². The van der Waals surface area contributed by atoms with Gasteiger partial charge in [-0.15, -0.1) is 0 Å². The van der Waals surface area contributed by atoms with Crippen LogP contribution < -0.4 is 23.7 Å². The van der Waals surface area contributed by atoms with E-state index >= 15 is 0 Å². The molecule has 1 aromatic heterocycles. The van der Waals surface area contributed by atoms with Gasteiger partial charge in [0.2, 0.25) is 12.5 Å². The molecule has 0 N–H and O–H groups in total. The van der Waals surface area contributed by atoms with E-state index in [1.165, 1.54) is 0 Å². The van der Waals surface area contributed by atoms with Gasteiger partial charge in [0.1, 0.15) is 11.9 Å². The molecule has 2 aromatic carbocycles. The van der Waals surface area contributed by atoms with E-state index in [1.54, 1.807) is 27.6 Å². The van der Waals surface area contributed by atoms with E-state index in [1.807, 2.05) is 24.3 Å². The number of methoxy groups -OCH3 is 3. The highest BCUT2D eigenvalue weighted by Gasteiger charge is 2.37. The minimum atomic E-state index is -0.252. The summed E-state index contributed by atoms with van der Waals surface area (Å²) in [6.45, 7) is 0.231. The fourth-order valence-electron chi connectivity index (χ4n) is 3.99. The summed E-state index contributed by atoms with van der Waals surface area (Å²) < 4.78 is 40.2. The van der Waals surface area contributed by atoms with Gasteiger partial charge < -0.3 is 32.8 Å². The van der Waals surface area contributed by atoms with Gasteiger partial charge in [0.15, 0.2) is 22.8 Å². The summed E-state index contributed by atoms with van der Waals surface area (Å²) in [6, 6.07) is 7.67. The van der Waals surface area contributed by atoms with E-state index < -0.39 is 0 Å². The predicted molar refractivity (Wildman–Crippen MR) is 99.6 cm³/mol. The Hall–Kier alpha value is -3.06. The van der Waals surface area contributed by atoms with Gasteiger partial charge in [0.25, 0.3) is 0 Å². The highest BCUT2D eigenvalue weighted by Crippen LogP contribution is 2.55. The van der Waals surface area contributed by atoms with E-state index in [4.69, 9.17) is 32.8 Å². The van der Waals surface area contributed by atoms with Crippen LogP contribution in [-0.4, -0.2) is 28.1 Å². The van der Waals surface area contributed by atoms with Gasteiger partial charge in [-0.1, -0.05) is 6.07 Å². The number of rotatable bonds is 4. The van der Waals surface area contributed by atoms with Gasteiger partial charge in [-0.3, -0.25) is 0 Å². The molecule has 2 atom stereocenters. The first-order chi connectivity index (χ1) is 13.7. The Labute approximate surface area is 161 Å².